The molecule has 120 valence electrons. The van der Waals surface area contributed by atoms with Gasteiger partial charge in [0.2, 0.25) is 0 Å². The van der Waals surface area contributed by atoms with E-state index in [2.05, 4.69) is 55.4 Å². The highest BCUT2D eigenvalue weighted by Crippen LogP contribution is 2.20. The third kappa shape index (κ3) is 6.06. The van der Waals surface area contributed by atoms with E-state index in [0.717, 1.165) is 12.3 Å². The molecule has 3 nitrogen and oxygen atoms in total. The van der Waals surface area contributed by atoms with E-state index in [9.17, 15) is 0 Å². The van der Waals surface area contributed by atoms with Gasteiger partial charge in [-0.1, -0.05) is 25.5 Å². The van der Waals surface area contributed by atoms with Crippen molar-refractivity contribution in [3.05, 3.63) is 29.8 Å². The molecule has 0 aromatic heterocycles. The summed E-state index contributed by atoms with van der Waals surface area (Å²) in [7, 11) is 4.24. The van der Waals surface area contributed by atoms with Gasteiger partial charge in [0.25, 0.3) is 0 Å². The molecule has 0 aliphatic carbocycles. The van der Waals surface area contributed by atoms with Crippen LogP contribution in [0.2, 0.25) is 0 Å². The minimum absolute atomic E-state index is 0.219. The molecule has 2 atom stereocenters. The Bertz CT molecular complexity index is 389. The lowest BCUT2D eigenvalue weighted by Crippen LogP contribution is -2.36. The fourth-order valence-electron chi connectivity index (χ4n) is 2.52. The van der Waals surface area contributed by atoms with Crippen LogP contribution in [0.5, 0.6) is 5.75 Å². The van der Waals surface area contributed by atoms with Gasteiger partial charge in [-0.3, -0.25) is 0 Å². The molecule has 3 heteroatoms. The summed E-state index contributed by atoms with van der Waals surface area (Å²) in [6, 6.07) is 9.43. The van der Waals surface area contributed by atoms with E-state index in [-0.39, 0.29) is 6.10 Å². The maximum Gasteiger partial charge on any atom is 0.119 e. The quantitative estimate of drug-likeness (QED) is 0.748. The van der Waals surface area contributed by atoms with Gasteiger partial charge in [-0.15, -0.1) is 0 Å². The van der Waals surface area contributed by atoms with E-state index >= 15 is 0 Å². The van der Waals surface area contributed by atoms with Gasteiger partial charge >= 0.3 is 0 Å². The van der Waals surface area contributed by atoms with Crippen LogP contribution in [0.3, 0.4) is 0 Å². The van der Waals surface area contributed by atoms with Crippen LogP contribution < -0.4 is 10.1 Å². The van der Waals surface area contributed by atoms with Gasteiger partial charge in [-0.25, -0.2) is 0 Å². The number of benzene rings is 1. The highest BCUT2D eigenvalue weighted by molar-refractivity contribution is 5.29. The first-order valence-corrected chi connectivity index (χ1v) is 8.12. The highest BCUT2D eigenvalue weighted by Gasteiger charge is 2.15. The van der Waals surface area contributed by atoms with Crippen LogP contribution in [0.4, 0.5) is 0 Å². The molecular weight excluding hydrogens is 260 g/mol. The molecule has 2 unspecified atom stereocenters. The standard InChI is InChI=1S/C18H32N2O/c1-7-8-15(4)20(6)13-18(19-5)16-9-11-17(12-10-16)21-14(2)3/h9-12,14-15,18-19H,7-8,13H2,1-6H3. The van der Waals surface area contributed by atoms with Gasteiger partial charge < -0.3 is 15.0 Å². The van der Waals surface area contributed by atoms with Crippen LogP contribution in [0, 0.1) is 0 Å². The van der Waals surface area contributed by atoms with Crippen molar-refractivity contribution in [2.75, 3.05) is 20.6 Å². The van der Waals surface area contributed by atoms with Crippen LogP contribution >= 0.6 is 0 Å². The second-order valence-corrected chi connectivity index (χ2v) is 6.15. The zero-order valence-corrected chi connectivity index (χ0v) is 14.5. The SMILES string of the molecule is CCCC(C)N(C)CC(NC)c1ccc(OC(C)C)cc1. The Morgan fingerprint density at radius 3 is 2.24 bits per heavy atom. The van der Waals surface area contributed by atoms with Crippen LogP contribution in [0.1, 0.15) is 52.1 Å². The number of ether oxygens (including phenoxy) is 1. The molecule has 0 heterocycles. The second-order valence-electron chi connectivity index (χ2n) is 6.15. The van der Waals surface area contributed by atoms with Crippen molar-refractivity contribution in [1.29, 1.82) is 0 Å². The molecule has 1 aromatic carbocycles. The van der Waals surface area contributed by atoms with Crippen molar-refractivity contribution in [1.82, 2.24) is 10.2 Å². The Hall–Kier alpha value is -1.06. The molecule has 21 heavy (non-hydrogen) atoms. The van der Waals surface area contributed by atoms with Crippen molar-refractivity contribution in [3.8, 4) is 5.75 Å². The van der Waals surface area contributed by atoms with Crippen LogP contribution in [-0.4, -0.2) is 37.7 Å². The third-order valence-electron chi connectivity index (χ3n) is 3.93. The monoisotopic (exact) mass is 292 g/mol. The van der Waals surface area contributed by atoms with Crippen molar-refractivity contribution in [2.45, 2.75) is 58.7 Å². The summed E-state index contributed by atoms with van der Waals surface area (Å²) in [4.78, 5) is 2.43. The highest BCUT2D eigenvalue weighted by atomic mass is 16.5. The van der Waals surface area contributed by atoms with Crippen LogP contribution in [0.15, 0.2) is 24.3 Å². The molecule has 0 fully saturated rings. The first kappa shape index (κ1) is 18.0. The number of rotatable bonds is 9. The number of nitrogens with one attached hydrogen (secondary N) is 1. The van der Waals surface area contributed by atoms with E-state index in [1.54, 1.807) is 0 Å². The zero-order chi connectivity index (χ0) is 15.8. The molecule has 0 spiro atoms. The van der Waals surface area contributed by atoms with Crippen molar-refractivity contribution < 1.29 is 4.74 Å². The summed E-state index contributed by atoms with van der Waals surface area (Å²) in [5.41, 5.74) is 1.31. The van der Waals surface area contributed by atoms with Crippen molar-refractivity contribution >= 4 is 0 Å². The summed E-state index contributed by atoms with van der Waals surface area (Å²) >= 11 is 0. The van der Waals surface area contributed by atoms with E-state index in [4.69, 9.17) is 4.74 Å². The predicted molar refractivity (Wildman–Crippen MR) is 91.0 cm³/mol. The molecule has 0 amide bonds. The molecule has 1 aromatic rings. The Labute approximate surface area is 130 Å². The molecule has 0 radical (unpaired) electrons. The summed E-state index contributed by atoms with van der Waals surface area (Å²) in [6.07, 6.45) is 2.70. The van der Waals surface area contributed by atoms with Gasteiger partial charge in [-0.05, 0) is 59.0 Å². The van der Waals surface area contributed by atoms with Crippen LogP contribution in [0.25, 0.3) is 0 Å². The van der Waals surface area contributed by atoms with Gasteiger partial charge in [-0.2, -0.15) is 0 Å². The topological polar surface area (TPSA) is 24.5 Å². The maximum absolute atomic E-state index is 5.70. The van der Waals surface area contributed by atoms with Crippen molar-refractivity contribution in [3.63, 3.8) is 0 Å². The Kier molecular flexibility index (Phi) is 7.76. The molecule has 0 aliphatic rings. The largest absolute Gasteiger partial charge is 0.491 e. The lowest BCUT2D eigenvalue weighted by atomic mass is 10.0. The minimum Gasteiger partial charge on any atom is -0.491 e. The second kappa shape index (κ2) is 9.06. The average Bonchev–Trinajstić information content (AvgIpc) is 2.45. The number of likely N-dealkylation sites (N-methyl/N-ethyl adjacent to an activating group) is 2. The summed E-state index contributed by atoms with van der Waals surface area (Å²) in [5, 5.41) is 3.42. The minimum atomic E-state index is 0.219. The van der Waals surface area contributed by atoms with Gasteiger partial charge in [0, 0.05) is 18.6 Å². The lowest BCUT2D eigenvalue weighted by Gasteiger charge is -2.29. The molecule has 0 saturated carbocycles. The van der Waals surface area contributed by atoms with Gasteiger partial charge in [0.05, 0.1) is 6.10 Å². The van der Waals surface area contributed by atoms with E-state index < -0.39 is 0 Å². The molecule has 1 rings (SSSR count). The Balaban J connectivity index is 2.67. The summed E-state index contributed by atoms with van der Waals surface area (Å²) in [5.74, 6) is 0.941. The maximum atomic E-state index is 5.70. The fourth-order valence-corrected chi connectivity index (χ4v) is 2.52. The normalized spacial score (nSPS) is 14.5. The third-order valence-corrected chi connectivity index (χ3v) is 3.93. The Morgan fingerprint density at radius 1 is 1.14 bits per heavy atom. The van der Waals surface area contributed by atoms with Crippen molar-refractivity contribution in [2.24, 2.45) is 0 Å². The summed E-state index contributed by atoms with van der Waals surface area (Å²) in [6.45, 7) is 9.66. The predicted octanol–water partition coefficient (Wildman–Crippen LogP) is 3.85. The fraction of sp³-hybridized carbons (Fsp3) is 0.667. The first-order valence-electron chi connectivity index (χ1n) is 8.12. The van der Waals surface area contributed by atoms with E-state index in [1.165, 1.54) is 18.4 Å². The summed E-state index contributed by atoms with van der Waals surface area (Å²) < 4.78 is 5.70. The first-order chi connectivity index (χ1) is 9.97. The number of hydrogen-bond donors (Lipinski definition) is 1. The molecule has 1 N–H and O–H groups in total. The number of hydrogen-bond acceptors (Lipinski definition) is 3. The van der Waals surface area contributed by atoms with E-state index in [0.29, 0.717) is 12.1 Å². The van der Waals surface area contributed by atoms with Gasteiger partial charge in [0.1, 0.15) is 5.75 Å². The van der Waals surface area contributed by atoms with Gasteiger partial charge in [0.15, 0.2) is 0 Å². The smallest absolute Gasteiger partial charge is 0.119 e. The average molecular weight is 292 g/mol. The Morgan fingerprint density at radius 2 is 1.76 bits per heavy atom. The van der Waals surface area contributed by atoms with E-state index in [1.807, 2.05) is 20.9 Å². The number of nitrogens with zero attached hydrogens (tertiary/aromatic N) is 1. The molecule has 0 bridgehead atoms. The van der Waals surface area contributed by atoms with Crippen LogP contribution in [-0.2, 0) is 0 Å². The molecular formula is C18H32N2O. The molecule has 0 aliphatic heterocycles. The molecule has 0 saturated heterocycles. The lowest BCUT2D eigenvalue weighted by molar-refractivity contribution is 0.221. The zero-order valence-electron chi connectivity index (χ0n) is 14.5.